The topological polar surface area (TPSA) is 0 Å². The Bertz CT molecular complexity index is 116. The van der Waals surface area contributed by atoms with E-state index in [-0.39, 0.29) is 0 Å². The summed E-state index contributed by atoms with van der Waals surface area (Å²) in [5.41, 5.74) is 0. The highest BCUT2D eigenvalue weighted by atomic mass is 32.2. The van der Waals surface area contributed by atoms with Crippen molar-refractivity contribution in [2.75, 3.05) is 5.75 Å². The molecular weight excluding hydrogens is 140 g/mol. The van der Waals surface area contributed by atoms with Crippen molar-refractivity contribution in [3.8, 4) is 11.8 Å². The van der Waals surface area contributed by atoms with E-state index in [0.29, 0.717) is 0 Å². The molecule has 0 aliphatic heterocycles. The average molecular weight is 156 g/mol. The first-order valence-electron chi connectivity index (χ1n) is 3.84. The first kappa shape index (κ1) is 9.91. The zero-order chi connectivity index (χ0) is 7.82. The fourth-order valence-corrected chi connectivity index (χ4v) is 1.25. The number of rotatable bonds is 3. The summed E-state index contributed by atoms with van der Waals surface area (Å²) >= 11 is 1.98. The molecule has 0 aromatic rings. The second-order valence-electron chi connectivity index (χ2n) is 2.38. The van der Waals surface area contributed by atoms with Crippen molar-refractivity contribution in [3.05, 3.63) is 0 Å². The summed E-state index contributed by atoms with van der Waals surface area (Å²) in [5.74, 6) is 7.36. The fraction of sp³-hybridized carbons (Fsp3) is 0.778. The Balaban J connectivity index is 3.05. The van der Waals surface area contributed by atoms with E-state index in [1.165, 1.54) is 5.75 Å². The standard InChI is InChI=1S/C9H16S/c1-4-5-6-7-8-10-9(2)3/h9H,4,7-8H2,1-3H3. The summed E-state index contributed by atoms with van der Waals surface area (Å²) in [5, 5.41) is 0.753. The van der Waals surface area contributed by atoms with Crippen LogP contribution in [0.4, 0.5) is 0 Å². The second-order valence-corrected chi connectivity index (χ2v) is 4.06. The van der Waals surface area contributed by atoms with Gasteiger partial charge in [0.15, 0.2) is 0 Å². The SMILES string of the molecule is CCC#CCCSC(C)C. The highest BCUT2D eigenvalue weighted by molar-refractivity contribution is 7.99. The summed E-state index contributed by atoms with van der Waals surface area (Å²) in [6.45, 7) is 6.53. The highest BCUT2D eigenvalue weighted by Crippen LogP contribution is 2.09. The van der Waals surface area contributed by atoms with E-state index in [0.717, 1.165) is 18.1 Å². The van der Waals surface area contributed by atoms with Crippen LogP contribution >= 0.6 is 11.8 Å². The molecule has 0 aromatic heterocycles. The van der Waals surface area contributed by atoms with E-state index in [4.69, 9.17) is 0 Å². The van der Waals surface area contributed by atoms with Crippen molar-refractivity contribution in [1.29, 1.82) is 0 Å². The maximum atomic E-state index is 3.12. The maximum Gasteiger partial charge on any atom is 0.0180 e. The third kappa shape index (κ3) is 7.91. The Morgan fingerprint density at radius 1 is 1.30 bits per heavy atom. The van der Waals surface area contributed by atoms with Gasteiger partial charge in [0.25, 0.3) is 0 Å². The van der Waals surface area contributed by atoms with Crippen molar-refractivity contribution < 1.29 is 0 Å². The van der Waals surface area contributed by atoms with Gasteiger partial charge in [-0.3, -0.25) is 0 Å². The van der Waals surface area contributed by atoms with Gasteiger partial charge in [0.2, 0.25) is 0 Å². The molecule has 0 aliphatic rings. The summed E-state index contributed by atoms with van der Waals surface area (Å²) in [7, 11) is 0. The molecule has 0 saturated heterocycles. The van der Waals surface area contributed by atoms with Gasteiger partial charge in [-0.1, -0.05) is 20.8 Å². The molecule has 0 unspecified atom stereocenters. The lowest BCUT2D eigenvalue weighted by Gasteiger charge is -1.99. The van der Waals surface area contributed by atoms with Crippen LogP contribution in [-0.2, 0) is 0 Å². The molecular formula is C9H16S. The summed E-state index contributed by atoms with van der Waals surface area (Å²) < 4.78 is 0. The van der Waals surface area contributed by atoms with Crippen LogP contribution in [0.3, 0.4) is 0 Å². The Morgan fingerprint density at radius 2 is 2.00 bits per heavy atom. The molecule has 10 heavy (non-hydrogen) atoms. The van der Waals surface area contributed by atoms with Crippen LogP contribution in [0.15, 0.2) is 0 Å². The van der Waals surface area contributed by atoms with E-state index in [1.54, 1.807) is 0 Å². The minimum atomic E-state index is 0.753. The lowest BCUT2D eigenvalue weighted by Crippen LogP contribution is -1.87. The zero-order valence-electron chi connectivity index (χ0n) is 7.11. The Labute approximate surface area is 68.8 Å². The van der Waals surface area contributed by atoms with E-state index in [9.17, 15) is 0 Å². The Hall–Kier alpha value is -0.0900. The van der Waals surface area contributed by atoms with Gasteiger partial charge in [0.05, 0.1) is 0 Å². The molecule has 0 aromatic carbocycles. The predicted octanol–water partition coefficient (Wildman–Crippen LogP) is 2.93. The van der Waals surface area contributed by atoms with Crippen molar-refractivity contribution in [3.63, 3.8) is 0 Å². The molecule has 0 bridgehead atoms. The van der Waals surface area contributed by atoms with Gasteiger partial charge in [-0.25, -0.2) is 0 Å². The number of hydrogen-bond donors (Lipinski definition) is 0. The molecule has 0 amide bonds. The van der Waals surface area contributed by atoms with E-state index >= 15 is 0 Å². The van der Waals surface area contributed by atoms with Crippen LogP contribution in [0.1, 0.15) is 33.6 Å². The van der Waals surface area contributed by atoms with Gasteiger partial charge < -0.3 is 0 Å². The van der Waals surface area contributed by atoms with Crippen molar-refractivity contribution in [2.45, 2.75) is 38.9 Å². The van der Waals surface area contributed by atoms with Crippen LogP contribution in [0.25, 0.3) is 0 Å². The van der Waals surface area contributed by atoms with Crippen LogP contribution < -0.4 is 0 Å². The Morgan fingerprint density at radius 3 is 2.50 bits per heavy atom. The van der Waals surface area contributed by atoms with Crippen molar-refractivity contribution in [2.24, 2.45) is 0 Å². The van der Waals surface area contributed by atoms with Crippen molar-refractivity contribution >= 4 is 11.8 Å². The molecule has 58 valence electrons. The second kappa shape index (κ2) is 7.02. The Kier molecular flexibility index (Phi) is 6.96. The third-order valence-corrected chi connectivity index (χ3v) is 2.09. The average Bonchev–Trinajstić information content (AvgIpc) is 1.87. The molecule has 0 radical (unpaired) electrons. The van der Waals surface area contributed by atoms with Gasteiger partial charge in [0, 0.05) is 18.6 Å². The van der Waals surface area contributed by atoms with Crippen LogP contribution in [0, 0.1) is 11.8 Å². The molecule has 0 rings (SSSR count). The minimum absolute atomic E-state index is 0.753. The van der Waals surface area contributed by atoms with Gasteiger partial charge in [-0.2, -0.15) is 11.8 Å². The summed E-state index contributed by atoms with van der Waals surface area (Å²) in [6, 6.07) is 0. The number of hydrogen-bond acceptors (Lipinski definition) is 1. The smallest absolute Gasteiger partial charge is 0.0180 e. The molecule has 0 spiro atoms. The van der Waals surface area contributed by atoms with Crippen molar-refractivity contribution in [1.82, 2.24) is 0 Å². The van der Waals surface area contributed by atoms with Gasteiger partial charge in [0.1, 0.15) is 0 Å². The molecule has 0 nitrogen and oxygen atoms in total. The zero-order valence-corrected chi connectivity index (χ0v) is 7.92. The number of thioether (sulfide) groups is 1. The molecule has 0 atom stereocenters. The molecule has 0 fully saturated rings. The quantitative estimate of drug-likeness (QED) is 0.447. The first-order chi connectivity index (χ1) is 4.77. The monoisotopic (exact) mass is 156 g/mol. The van der Waals surface area contributed by atoms with Crippen LogP contribution in [-0.4, -0.2) is 11.0 Å². The lowest BCUT2D eigenvalue weighted by atomic mass is 10.4. The molecule has 0 N–H and O–H groups in total. The summed E-state index contributed by atoms with van der Waals surface area (Å²) in [4.78, 5) is 0. The van der Waals surface area contributed by atoms with E-state index < -0.39 is 0 Å². The largest absolute Gasteiger partial charge is 0.158 e. The van der Waals surface area contributed by atoms with Gasteiger partial charge in [-0.05, 0) is 5.25 Å². The molecule has 0 heterocycles. The fourth-order valence-electron chi connectivity index (χ4n) is 0.559. The molecule has 0 saturated carbocycles. The van der Waals surface area contributed by atoms with Crippen LogP contribution in [0.5, 0.6) is 0 Å². The first-order valence-corrected chi connectivity index (χ1v) is 4.89. The van der Waals surface area contributed by atoms with E-state index in [2.05, 4.69) is 32.6 Å². The van der Waals surface area contributed by atoms with Crippen LogP contribution in [0.2, 0.25) is 0 Å². The van der Waals surface area contributed by atoms with Gasteiger partial charge >= 0.3 is 0 Å². The molecule has 0 aliphatic carbocycles. The van der Waals surface area contributed by atoms with Gasteiger partial charge in [-0.15, -0.1) is 11.8 Å². The molecule has 1 heteroatoms. The minimum Gasteiger partial charge on any atom is -0.158 e. The highest BCUT2D eigenvalue weighted by Gasteiger charge is 1.90. The summed E-state index contributed by atoms with van der Waals surface area (Å²) in [6.07, 6.45) is 2.04. The third-order valence-electron chi connectivity index (χ3n) is 0.980. The predicted molar refractivity (Wildman–Crippen MR) is 50.3 cm³/mol. The maximum absolute atomic E-state index is 3.12. The lowest BCUT2D eigenvalue weighted by molar-refractivity contribution is 1.10. The van der Waals surface area contributed by atoms with E-state index in [1.807, 2.05) is 11.8 Å². The normalized spacial score (nSPS) is 9.20.